The number of ether oxygens (including phenoxy) is 1. The molecular weight excluding hydrogens is 380 g/mol. The lowest BCUT2D eigenvalue weighted by atomic mass is 9.95. The van der Waals surface area contributed by atoms with Gasteiger partial charge in [0.1, 0.15) is 11.8 Å². The van der Waals surface area contributed by atoms with Crippen LogP contribution in [0.1, 0.15) is 17.0 Å². The normalized spacial score (nSPS) is 13.1. The van der Waals surface area contributed by atoms with E-state index in [2.05, 4.69) is 10.6 Å². The van der Waals surface area contributed by atoms with Gasteiger partial charge in [-0.05, 0) is 46.5 Å². The molecule has 1 atom stereocenters. The molecule has 0 aromatic heterocycles. The number of carbonyl (C=O) groups excluding carboxylic acids is 2. The van der Waals surface area contributed by atoms with Gasteiger partial charge in [0, 0.05) is 5.69 Å². The number of aliphatic hydroxyl groups is 1. The second-order valence-electron chi connectivity index (χ2n) is 7.07. The van der Waals surface area contributed by atoms with Crippen molar-refractivity contribution in [2.24, 2.45) is 0 Å². The third-order valence-electron chi connectivity index (χ3n) is 5.27. The fourth-order valence-corrected chi connectivity index (χ4v) is 3.79. The molecule has 0 aliphatic heterocycles. The average molecular weight is 402 g/mol. The van der Waals surface area contributed by atoms with E-state index in [1.165, 1.54) is 0 Å². The maximum atomic E-state index is 13.2. The van der Waals surface area contributed by atoms with E-state index in [1.807, 2.05) is 48.5 Å². The molecule has 4 rings (SSSR count). The summed E-state index contributed by atoms with van der Waals surface area (Å²) in [5.41, 5.74) is 4.35. The van der Waals surface area contributed by atoms with Gasteiger partial charge in [-0.3, -0.25) is 9.59 Å². The molecule has 152 valence electrons. The molecule has 1 aliphatic rings. The van der Waals surface area contributed by atoms with Crippen molar-refractivity contribution in [3.05, 3.63) is 83.9 Å². The minimum Gasteiger partial charge on any atom is -0.497 e. The maximum absolute atomic E-state index is 13.2. The van der Waals surface area contributed by atoms with E-state index in [4.69, 9.17) is 4.74 Å². The standard InChI is InChI=1S/C24H22N2O4/c1-30-16-12-10-15(11-13-16)25-23(28)21(14-27)26-24(29)22-19-8-4-2-6-17(19)18-7-3-5-9-20(18)22/h2-13,21-22,27H,14H2,1H3,(H,25,28)(H,26,29). The summed E-state index contributed by atoms with van der Waals surface area (Å²) < 4.78 is 5.10. The number of hydrogen-bond acceptors (Lipinski definition) is 4. The molecule has 1 aliphatic carbocycles. The van der Waals surface area contributed by atoms with Gasteiger partial charge in [-0.25, -0.2) is 0 Å². The van der Waals surface area contributed by atoms with Gasteiger partial charge in [0.05, 0.1) is 19.6 Å². The highest BCUT2D eigenvalue weighted by Crippen LogP contribution is 2.44. The summed E-state index contributed by atoms with van der Waals surface area (Å²) in [6.45, 7) is -0.510. The highest BCUT2D eigenvalue weighted by Gasteiger charge is 2.35. The zero-order valence-corrected chi connectivity index (χ0v) is 16.5. The quantitative estimate of drug-likeness (QED) is 0.592. The van der Waals surface area contributed by atoms with Crippen molar-refractivity contribution in [1.29, 1.82) is 0 Å². The monoisotopic (exact) mass is 402 g/mol. The van der Waals surface area contributed by atoms with Gasteiger partial charge in [0.2, 0.25) is 11.8 Å². The molecule has 0 radical (unpaired) electrons. The molecule has 6 nitrogen and oxygen atoms in total. The number of carbonyl (C=O) groups is 2. The summed E-state index contributed by atoms with van der Waals surface area (Å²) in [6, 6.07) is 21.2. The topological polar surface area (TPSA) is 87.7 Å². The highest BCUT2D eigenvalue weighted by molar-refractivity contribution is 6.01. The molecule has 3 aromatic rings. The zero-order valence-electron chi connectivity index (χ0n) is 16.5. The molecule has 1 unspecified atom stereocenters. The second kappa shape index (κ2) is 8.39. The minimum atomic E-state index is -1.07. The molecule has 0 saturated heterocycles. The molecule has 2 amide bonds. The first-order valence-corrected chi connectivity index (χ1v) is 9.66. The number of aliphatic hydroxyl groups excluding tert-OH is 1. The van der Waals surface area contributed by atoms with Crippen LogP contribution in [-0.4, -0.2) is 36.7 Å². The van der Waals surface area contributed by atoms with E-state index in [0.29, 0.717) is 11.4 Å². The molecule has 0 heterocycles. The van der Waals surface area contributed by atoms with Crippen LogP contribution in [0, 0.1) is 0 Å². The van der Waals surface area contributed by atoms with Crippen molar-refractivity contribution in [3.63, 3.8) is 0 Å². The molecule has 0 spiro atoms. The summed E-state index contributed by atoms with van der Waals surface area (Å²) in [4.78, 5) is 25.8. The largest absolute Gasteiger partial charge is 0.497 e. The number of methoxy groups -OCH3 is 1. The first kappa shape index (κ1) is 19.7. The van der Waals surface area contributed by atoms with Crippen molar-refractivity contribution < 1.29 is 19.4 Å². The average Bonchev–Trinajstić information content (AvgIpc) is 3.12. The molecular formula is C24H22N2O4. The van der Waals surface area contributed by atoms with Gasteiger partial charge >= 0.3 is 0 Å². The van der Waals surface area contributed by atoms with Crippen LogP contribution in [0.25, 0.3) is 11.1 Å². The number of benzene rings is 3. The fraction of sp³-hybridized carbons (Fsp3) is 0.167. The van der Waals surface area contributed by atoms with Gasteiger partial charge < -0.3 is 20.5 Å². The van der Waals surface area contributed by atoms with Crippen molar-refractivity contribution in [3.8, 4) is 16.9 Å². The van der Waals surface area contributed by atoms with Crippen molar-refractivity contribution in [2.45, 2.75) is 12.0 Å². The SMILES string of the molecule is COc1ccc(NC(=O)C(CO)NC(=O)C2c3ccccc3-c3ccccc32)cc1. The Balaban J connectivity index is 1.52. The van der Waals surface area contributed by atoms with Gasteiger partial charge in [0.25, 0.3) is 0 Å². The number of nitrogens with one attached hydrogen (secondary N) is 2. The van der Waals surface area contributed by atoms with Crippen molar-refractivity contribution in [1.82, 2.24) is 5.32 Å². The highest BCUT2D eigenvalue weighted by atomic mass is 16.5. The van der Waals surface area contributed by atoms with E-state index >= 15 is 0 Å². The van der Waals surface area contributed by atoms with Gasteiger partial charge in [-0.1, -0.05) is 48.5 Å². The fourth-order valence-electron chi connectivity index (χ4n) is 3.79. The molecule has 30 heavy (non-hydrogen) atoms. The Morgan fingerprint density at radius 3 is 2.03 bits per heavy atom. The first-order chi connectivity index (χ1) is 14.6. The van der Waals surface area contributed by atoms with Gasteiger partial charge in [-0.2, -0.15) is 0 Å². The lowest BCUT2D eigenvalue weighted by Gasteiger charge is -2.20. The summed E-state index contributed by atoms with van der Waals surface area (Å²) in [6.07, 6.45) is 0. The number of rotatable bonds is 6. The van der Waals surface area contributed by atoms with Crippen LogP contribution < -0.4 is 15.4 Å². The lowest BCUT2D eigenvalue weighted by Crippen LogP contribution is -2.47. The van der Waals surface area contributed by atoms with Crippen LogP contribution >= 0.6 is 0 Å². The molecule has 0 saturated carbocycles. The van der Waals surface area contributed by atoms with E-state index < -0.39 is 24.5 Å². The Labute approximate surface area is 174 Å². The van der Waals surface area contributed by atoms with E-state index in [-0.39, 0.29) is 5.91 Å². The summed E-state index contributed by atoms with van der Waals surface area (Å²) in [5.74, 6) is -0.675. The summed E-state index contributed by atoms with van der Waals surface area (Å²) >= 11 is 0. The van der Waals surface area contributed by atoms with Gasteiger partial charge in [-0.15, -0.1) is 0 Å². The van der Waals surface area contributed by atoms with Gasteiger partial charge in [0.15, 0.2) is 0 Å². The third-order valence-corrected chi connectivity index (χ3v) is 5.27. The minimum absolute atomic E-state index is 0.323. The third kappa shape index (κ3) is 3.65. The van der Waals surface area contributed by atoms with Crippen LogP contribution in [0.3, 0.4) is 0 Å². The lowest BCUT2D eigenvalue weighted by molar-refractivity contribution is -0.127. The Hall–Kier alpha value is -3.64. The molecule has 3 N–H and O–H groups in total. The molecule has 0 bridgehead atoms. The number of fused-ring (bicyclic) bond motifs is 3. The first-order valence-electron chi connectivity index (χ1n) is 9.66. The Morgan fingerprint density at radius 1 is 0.933 bits per heavy atom. The molecule has 0 fully saturated rings. The van der Waals surface area contributed by atoms with Crippen LogP contribution in [0.4, 0.5) is 5.69 Å². The van der Waals surface area contributed by atoms with E-state index in [0.717, 1.165) is 22.3 Å². The predicted octanol–water partition coefficient (Wildman–Crippen LogP) is 2.92. The summed E-state index contributed by atoms with van der Waals surface area (Å²) in [5, 5.41) is 15.2. The smallest absolute Gasteiger partial charge is 0.249 e. The molecule has 6 heteroatoms. The van der Waals surface area contributed by atoms with Crippen LogP contribution in [0.15, 0.2) is 72.8 Å². The number of hydrogen-bond donors (Lipinski definition) is 3. The Bertz CT molecular complexity index is 1030. The number of anilines is 1. The van der Waals surface area contributed by atoms with Crippen molar-refractivity contribution >= 4 is 17.5 Å². The summed E-state index contributed by atoms with van der Waals surface area (Å²) in [7, 11) is 1.56. The molecule has 3 aromatic carbocycles. The maximum Gasteiger partial charge on any atom is 0.249 e. The van der Waals surface area contributed by atoms with Crippen molar-refractivity contribution in [2.75, 3.05) is 19.0 Å². The Kier molecular flexibility index (Phi) is 5.50. The van der Waals surface area contributed by atoms with Crippen LogP contribution in [-0.2, 0) is 9.59 Å². The Morgan fingerprint density at radius 2 is 1.50 bits per heavy atom. The number of amides is 2. The predicted molar refractivity (Wildman–Crippen MR) is 114 cm³/mol. The van der Waals surface area contributed by atoms with E-state index in [9.17, 15) is 14.7 Å². The van der Waals surface area contributed by atoms with Crippen LogP contribution in [0.2, 0.25) is 0 Å². The van der Waals surface area contributed by atoms with Crippen LogP contribution in [0.5, 0.6) is 5.75 Å². The zero-order chi connectivity index (χ0) is 21.1. The second-order valence-corrected chi connectivity index (χ2v) is 7.07. The van der Waals surface area contributed by atoms with E-state index in [1.54, 1.807) is 31.4 Å².